The van der Waals surface area contributed by atoms with Gasteiger partial charge in [-0.1, -0.05) is 0 Å². The summed E-state index contributed by atoms with van der Waals surface area (Å²) >= 11 is 1.71. The normalized spacial score (nSPS) is 11.7. The Hall–Kier alpha value is -3.85. The molecule has 0 fully saturated rings. The summed E-state index contributed by atoms with van der Waals surface area (Å²) in [4.78, 5) is 27.2. The van der Waals surface area contributed by atoms with E-state index in [4.69, 9.17) is 4.98 Å². The summed E-state index contributed by atoms with van der Waals surface area (Å²) in [7, 11) is 0. The van der Waals surface area contributed by atoms with Crippen molar-refractivity contribution in [1.82, 2.24) is 40.1 Å². The molecule has 6 rings (SSSR count). The molecule has 0 aliphatic carbocycles. The van der Waals surface area contributed by atoms with Gasteiger partial charge in [0, 0.05) is 22.8 Å². The second kappa shape index (κ2) is 6.33. The van der Waals surface area contributed by atoms with Crippen molar-refractivity contribution < 1.29 is 0 Å². The molecule has 9 heteroatoms. The Bertz CT molecular complexity index is 1530. The van der Waals surface area contributed by atoms with Gasteiger partial charge >= 0.3 is 0 Å². The van der Waals surface area contributed by atoms with Crippen LogP contribution in [-0.4, -0.2) is 40.1 Å². The Morgan fingerprint density at radius 2 is 1.87 bits per heavy atom. The molecular weight excluding hydrogens is 396 g/mol. The number of aromatic amines is 3. The number of aryl methyl sites for hydroxylation is 2. The van der Waals surface area contributed by atoms with E-state index in [9.17, 15) is 0 Å². The summed E-state index contributed by atoms with van der Waals surface area (Å²) in [6.07, 6.45) is 5.41. The average Bonchev–Trinajstić information content (AvgIpc) is 3.52. The van der Waals surface area contributed by atoms with Crippen molar-refractivity contribution in [2.45, 2.75) is 13.8 Å². The van der Waals surface area contributed by atoms with Crippen LogP contribution in [0.5, 0.6) is 0 Å². The van der Waals surface area contributed by atoms with E-state index >= 15 is 0 Å². The van der Waals surface area contributed by atoms with Crippen molar-refractivity contribution in [3.8, 4) is 33.3 Å². The molecule has 8 nitrogen and oxygen atoms in total. The van der Waals surface area contributed by atoms with Gasteiger partial charge in [-0.15, -0.1) is 11.3 Å². The topological polar surface area (TPSA) is 112 Å². The number of rotatable bonds is 3. The van der Waals surface area contributed by atoms with Crippen LogP contribution in [0.25, 0.3) is 55.4 Å². The van der Waals surface area contributed by atoms with E-state index in [-0.39, 0.29) is 0 Å². The van der Waals surface area contributed by atoms with Crippen molar-refractivity contribution in [1.29, 1.82) is 0 Å². The van der Waals surface area contributed by atoms with Crippen LogP contribution in [0.3, 0.4) is 0 Å². The van der Waals surface area contributed by atoms with Gasteiger partial charge in [0.1, 0.15) is 22.7 Å². The molecule has 6 aromatic rings. The molecule has 0 aliphatic rings. The number of aromatic nitrogens is 8. The van der Waals surface area contributed by atoms with Crippen LogP contribution < -0.4 is 0 Å². The molecule has 6 heterocycles. The number of H-pyrrole nitrogens is 3. The van der Waals surface area contributed by atoms with Crippen molar-refractivity contribution >= 4 is 33.4 Å². The number of thiophene rings is 1. The third-order valence-corrected chi connectivity index (χ3v) is 6.04. The van der Waals surface area contributed by atoms with Crippen molar-refractivity contribution in [3.05, 3.63) is 53.6 Å². The second-order valence-corrected chi connectivity index (χ2v) is 8.41. The lowest BCUT2D eigenvalue weighted by Gasteiger charge is -1.98. The Morgan fingerprint density at radius 3 is 2.67 bits per heavy atom. The molecule has 0 aromatic carbocycles. The number of imidazole rings is 2. The van der Waals surface area contributed by atoms with Crippen LogP contribution in [-0.2, 0) is 0 Å². The molecule has 0 amide bonds. The molecule has 0 radical (unpaired) electrons. The van der Waals surface area contributed by atoms with Gasteiger partial charge < -0.3 is 9.97 Å². The molecular formula is C21H16N8S. The maximum Gasteiger partial charge on any atom is 0.159 e. The smallest absolute Gasteiger partial charge is 0.159 e. The van der Waals surface area contributed by atoms with Gasteiger partial charge in [-0.25, -0.2) is 15.0 Å². The first kappa shape index (κ1) is 17.0. The summed E-state index contributed by atoms with van der Waals surface area (Å²) in [5.74, 6) is 1.54. The Labute approximate surface area is 174 Å². The summed E-state index contributed by atoms with van der Waals surface area (Å²) < 4.78 is 0. The highest BCUT2D eigenvalue weighted by Crippen LogP contribution is 2.33. The van der Waals surface area contributed by atoms with Crippen molar-refractivity contribution in [2.75, 3.05) is 0 Å². The maximum absolute atomic E-state index is 4.86. The maximum atomic E-state index is 4.86. The SMILES string of the molecule is Cc1ncc(-c2cnc3[nH]nc(-c4nc5c(-c6ccc(C)s6)nccc5[nH]4)c3c2)[nH]1. The molecule has 0 spiro atoms. The number of hydrogen-bond donors (Lipinski definition) is 3. The van der Waals surface area contributed by atoms with E-state index in [2.05, 4.69) is 54.2 Å². The second-order valence-electron chi connectivity index (χ2n) is 7.13. The highest BCUT2D eigenvalue weighted by atomic mass is 32.1. The summed E-state index contributed by atoms with van der Waals surface area (Å²) in [6, 6.07) is 8.16. The monoisotopic (exact) mass is 412 g/mol. The molecule has 0 atom stereocenters. The number of nitrogens with one attached hydrogen (secondary N) is 3. The standard InChI is InChI=1S/C21H16N8S/c1-10-3-4-16(30-10)19-18-14(5-6-22-19)26-21(27-18)17-13-7-12(8-24-20(13)29-28-17)15-9-23-11(2)25-15/h3-9H,1-2H3,(H,23,25)(H,26,27)(H,24,28,29). The summed E-state index contributed by atoms with van der Waals surface area (Å²) in [6.45, 7) is 4.01. The number of pyridine rings is 2. The minimum absolute atomic E-state index is 0.679. The van der Waals surface area contributed by atoms with Gasteiger partial charge in [0.15, 0.2) is 11.5 Å². The van der Waals surface area contributed by atoms with Crippen molar-refractivity contribution in [2.24, 2.45) is 0 Å². The van der Waals surface area contributed by atoms with E-state index in [0.717, 1.165) is 49.8 Å². The fourth-order valence-electron chi connectivity index (χ4n) is 3.59. The van der Waals surface area contributed by atoms with Crippen LogP contribution >= 0.6 is 11.3 Å². The van der Waals surface area contributed by atoms with E-state index in [1.165, 1.54) is 4.88 Å². The molecule has 0 bridgehead atoms. The third kappa shape index (κ3) is 2.63. The lowest BCUT2D eigenvalue weighted by molar-refractivity contribution is 1.09. The fraction of sp³-hybridized carbons (Fsp3) is 0.0952. The quantitative estimate of drug-likeness (QED) is 0.392. The van der Waals surface area contributed by atoms with Gasteiger partial charge in [0.05, 0.1) is 27.7 Å². The zero-order chi connectivity index (χ0) is 20.2. The van der Waals surface area contributed by atoms with Gasteiger partial charge in [-0.2, -0.15) is 5.10 Å². The van der Waals surface area contributed by atoms with Crippen LogP contribution in [0.15, 0.2) is 42.9 Å². The average molecular weight is 412 g/mol. The number of nitrogens with zero attached hydrogens (tertiary/aromatic N) is 5. The molecule has 30 heavy (non-hydrogen) atoms. The predicted molar refractivity (Wildman–Crippen MR) is 117 cm³/mol. The van der Waals surface area contributed by atoms with Crippen LogP contribution in [0, 0.1) is 13.8 Å². The molecule has 146 valence electrons. The zero-order valence-corrected chi connectivity index (χ0v) is 17.0. The zero-order valence-electron chi connectivity index (χ0n) is 16.2. The van der Waals surface area contributed by atoms with E-state index in [1.807, 2.05) is 19.1 Å². The predicted octanol–water partition coefficient (Wildman–Crippen LogP) is 4.63. The third-order valence-electron chi connectivity index (χ3n) is 5.03. The first-order chi connectivity index (χ1) is 14.7. The molecule has 0 aliphatic heterocycles. The van der Waals surface area contributed by atoms with Gasteiger partial charge in [0.2, 0.25) is 0 Å². The summed E-state index contributed by atoms with van der Waals surface area (Å²) in [5.41, 5.74) is 5.92. The van der Waals surface area contributed by atoms with Gasteiger partial charge in [-0.3, -0.25) is 10.1 Å². The minimum Gasteiger partial charge on any atom is -0.342 e. The van der Waals surface area contributed by atoms with E-state index < -0.39 is 0 Å². The van der Waals surface area contributed by atoms with Crippen molar-refractivity contribution in [3.63, 3.8) is 0 Å². The van der Waals surface area contributed by atoms with Crippen LogP contribution in [0.4, 0.5) is 0 Å². The Kier molecular flexibility index (Phi) is 3.59. The number of fused-ring (bicyclic) bond motifs is 2. The molecule has 6 aromatic heterocycles. The Balaban J connectivity index is 1.52. The fourth-order valence-corrected chi connectivity index (χ4v) is 4.45. The minimum atomic E-state index is 0.679. The highest BCUT2D eigenvalue weighted by molar-refractivity contribution is 7.15. The number of hydrogen-bond acceptors (Lipinski definition) is 6. The van der Waals surface area contributed by atoms with E-state index in [1.54, 1.807) is 29.9 Å². The van der Waals surface area contributed by atoms with E-state index in [0.29, 0.717) is 11.5 Å². The molecule has 0 unspecified atom stereocenters. The van der Waals surface area contributed by atoms with Gasteiger partial charge in [-0.05, 0) is 38.1 Å². The molecule has 3 N–H and O–H groups in total. The lowest BCUT2D eigenvalue weighted by Crippen LogP contribution is -1.84. The first-order valence-corrected chi connectivity index (χ1v) is 10.3. The Morgan fingerprint density at radius 1 is 0.933 bits per heavy atom. The van der Waals surface area contributed by atoms with Crippen LogP contribution in [0.2, 0.25) is 0 Å². The first-order valence-electron chi connectivity index (χ1n) is 9.44. The highest BCUT2D eigenvalue weighted by Gasteiger charge is 2.17. The lowest BCUT2D eigenvalue weighted by atomic mass is 10.1. The van der Waals surface area contributed by atoms with Crippen LogP contribution in [0.1, 0.15) is 10.7 Å². The molecule has 0 saturated carbocycles. The van der Waals surface area contributed by atoms with Gasteiger partial charge in [0.25, 0.3) is 0 Å². The summed E-state index contributed by atoms with van der Waals surface area (Å²) in [5, 5.41) is 8.38. The largest absolute Gasteiger partial charge is 0.342 e. The molecule has 0 saturated heterocycles.